The number of aromatic amines is 1. The van der Waals surface area contributed by atoms with Crippen LogP contribution in [0.3, 0.4) is 0 Å². The van der Waals surface area contributed by atoms with Gasteiger partial charge in [0.15, 0.2) is 11.9 Å². The van der Waals surface area contributed by atoms with Crippen molar-refractivity contribution in [3.8, 4) is 5.75 Å². The molecule has 0 saturated carbocycles. The highest BCUT2D eigenvalue weighted by molar-refractivity contribution is 5.99. The molecule has 2 heterocycles. The summed E-state index contributed by atoms with van der Waals surface area (Å²) >= 11 is 0. The van der Waals surface area contributed by atoms with Crippen LogP contribution in [0.25, 0.3) is 0 Å². The van der Waals surface area contributed by atoms with Crippen LogP contribution in [0.5, 0.6) is 5.75 Å². The molecule has 1 saturated heterocycles. The number of likely N-dealkylation sites (N-methyl/N-ethyl adjacent to an activating group) is 1. The number of nitrogens with two attached hydrogens (primary N) is 1. The van der Waals surface area contributed by atoms with Gasteiger partial charge in [-0.1, -0.05) is 20.8 Å². The standard InChI is InChI=1S/C18H26N4O6/c1-18(2,3)7-11(21-17(26)28-10-5-6-20-8-10)16(25)22(4)13-12(23)9-27-14(13)15(19)24/h5-6,8,11,13-14,20H,7,9H2,1-4H3,(H2,19,24)(H,21,26)/t11-,13?,14?/m0/s1. The normalized spacial score (nSPS) is 20.5. The first kappa shape index (κ1) is 21.4. The lowest BCUT2D eigenvalue weighted by Gasteiger charge is -2.32. The Labute approximate surface area is 162 Å². The van der Waals surface area contributed by atoms with Gasteiger partial charge in [0.25, 0.3) is 0 Å². The van der Waals surface area contributed by atoms with Gasteiger partial charge in [-0.2, -0.15) is 0 Å². The molecule has 0 aliphatic carbocycles. The number of ether oxygens (including phenoxy) is 2. The minimum Gasteiger partial charge on any atom is -0.409 e. The number of nitrogens with one attached hydrogen (secondary N) is 2. The van der Waals surface area contributed by atoms with Gasteiger partial charge in [0.1, 0.15) is 24.4 Å². The van der Waals surface area contributed by atoms with Crippen molar-refractivity contribution < 1.29 is 28.7 Å². The summed E-state index contributed by atoms with van der Waals surface area (Å²) in [4.78, 5) is 52.8. The number of H-pyrrole nitrogens is 1. The van der Waals surface area contributed by atoms with Crippen LogP contribution in [0.1, 0.15) is 27.2 Å². The second kappa shape index (κ2) is 8.42. The zero-order valence-electron chi connectivity index (χ0n) is 16.4. The van der Waals surface area contributed by atoms with Crippen LogP contribution in [-0.4, -0.2) is 65.4 Å². The summed E-state index contributed by atoms with van der Waals surface area (Å²) in [7, 11) is 1.38. The number of hydrogen-bond acceptors (Lipinski definition) is 6. The zero-order chi connectivity index (χ0) is 21.1. The van der Waals surface area contributed by atoms with Gasteiger partial charge in [0, 0.05) is 19.4 Å². The average molecular weight is 394 g/mol. The molecule has 1 aliphatic heterocycles. The first-order valence-electron chi connectivity index (χ1n) is 8.81. The summed E-state index contributed by atoms with van der Waals surface area (Å²) in [6.07, 6.45) is 1.32. The maximum absolute atomic E-state index is 13.0. The van der Waals surface area contributed by atoms with Gasteiger partial charge in [-0.05, 0) is 17.9 Å². The number of rotatable bonds is 6. The monoisotopic (exact) mass is 394 g/mol. The third kappa shape index (κ3) is 5.32. The first-order chi connectivity index (χ1) is 13.0. The fourth-order valence-electron chi connectivity index (χ4n) is 3.02. The topological polar surface area (TPSA) is 144 Å². The van der Waals surface area contributed by atoms with Gasteiger partial charge in [0.2, 0.25) is 11.8 Å². The summed E-state index contributed by atoms with van der Waals surface area (Å²) in [5.41, 5.74) is 4.96. The van der Waals surface area contributed by atoms with Crippen molar-refractivity contribution in [3.63, 3.8) is 0 Å². The number of amides is 3. The van der Waals surface area contributed by atoms with Gasteiger partial charge in [-0.15, -0.1) is 0 Å². The third-order valence-corrected chi connectivity index (χ3v) is 4.25. The number of carbonyl (C=O) groups excluding carboxylic acids is 4. The number of primary amides is 1. The van der Waals surface area contributed by atoms with E-state index in [1.165, 1.54) is 13.2 Å². The number of hydrogen-bond donors (Lipinski definition) is 3. The Balaban J connectivity index is 2.16. The van der Waals surface area contributed by atoms with E-state index in [1.54, 1.807) is 12.3 Å². The van der Waals surface area contributed by atoms with Crippen molar-refractivity contribution in [1.29, 1.82) is 0 Å². The van der Waals surface area contributed by atoms with E-state index in [-0.39, 0.29) is 18.4 Å². The van der Waals surface area contributed by atoms with E-state index >= 15 is 0 Å². The SMILES string of the molecule is CN(C(=O)[C@H](CC(C)(C)C)NC(=O)Oc1cc[nH]c1)C1C(=O)COC1C(N)=O. The van der Waals surface area contributed by atoms with Gasteiger partial charge in [0.05, 0.1) is 0 Å². The van der Waals surface area contributed by atoms with Crippen LogP contribution < -0.4 is 15.8 Å². The number of carbonyl (C=O) groups is 4. The maximum atomic E-state index is 13.0. The molecule has 0 radical (unpaired) electrons. The van der Waals surface area contributed by atoms with Crippen molar-refractivity contribution in [2.45, 2.75) is 45.4 Å². The zero-order valence-corrected chi connectivity index (χ0v) is 16.4. The second-order valence-electron chi connectivity index (χ2n) is 7.89. The molecule has 1 aliphatic rings. The molecule has 10 nitrogen and oxygen atoms in total. The summed E-state index contributed by atoms with van der Waals surface area (Å²) < 4.78 is 10.2. The maximum Gasteiger partial charge on any atom is 0.413 e. The summed E-state index contributed by atoms with van der Waals surface area (Å²) in [5, 5.41) is 2.54. The summed E-state index contributed by atoms with van der Waals surface area (Å²) in [6.45, 7) is 5.41. The lowest BCUT2D eigenvalue weighted by molar-refractivity contribution is -0.141. The van der Waals surface area contributed by atoms with Gasteiger partial charge >= 0.3 is 6.09 Å². The van der Waals surface area contributed by atoms with Crippen molar-refractivity contribution in [1.82, 2.24) is 15.2 Å². The number of ketones is 1. The molecule has 2 unspecified atom stereocenters. The highest BCUT2D eigenvalue weighted by atomic mass is 16.6. The molecule has 1 aromatic rings. The Kier molecular flexibility index (Phi) is 6.45. The molecule has 0 spiro atoms. The molecular formula is C18H26N4O6. The molecule has 0 bridgehead atoms. The third-order valence-electron chi connectivity index (χ3n) is 4.25. The predicted octanol–water partition coefficient (Wildman–Crippen LogP) is 0.188. The molecule has 1 fully saturated rings. The smallest absolute Gasteiger partial charge is 0.409 e. The Bertz CT molecular complexity index is 740. The van der Waals surface area contributed by atoms with Gasteiger partial charge in [-0.25, -0.2) is 4.79 Å². The molecule has 2 rings (SSSR count). The van der Waals surface area contributed by atoms with E-state index in [2.05, 4.69) is 10.3 Å². The predicted molar refractivity (Wildman–Crippen MR) is 98.3 cm³/mol. The molecule has 4 N–H and O–H groups in total. The molecule has 3 amide bonds. The molecule has 154 valence electrons. The highest BCUT2D eigenvalue weighted by Gasteiger charge is 2.45. The molecule has 0 aromatic carbocycles. The molecule has 1 aromatic heterocycles. The quantitative estimate of drug-likeness (QED) is 0.628. The van der Waals surface area contributed by atoms with Crippen LogP contribution in [-0.2, 0) is 19.1 Å². The molecule has 3 atom stereocenters. The van der Waals surface area contributed by atoms with E-state index in [0.717, 1.165) is 4.90 Å². The Morgan fingerprint density at radius 2 is 2.11 bits per heavy atom. The van der Waals surface area contributed by atoms with Crippen LogP contribution in [0, 0.1) is 5.41 Å². The van der Waals surface area contributed by atoms with E-state index in [0.29, 0.717) is 5.75 Å². The lowest BCUT2D eigenvalue weighted by Crippen LogP contribution is -2.57. The molecule has 10 heteroatoms. The van der Waals surface area contributed by atoms with Crippen molar-refractivity contribution in [2.75, 3.05) is 13.7 Å². The van der Waals surface area contributed by atoms with E-state index < -0.39 is 41.9 Å². The summed E-state index contributed by atoms with van der Waals surface area (Å²) in [6, 6.07) is -0.550. The van der Waals surface area contributed by atoms with Gasteiger partial charge < -0.3 is 30.4 Å². The van der Waals surface area contributed by atoms with Crippen molar-refractivity contribution in [3.05, 3.63) is 18.5 Å². The van der Waals surface area contributed by atoms with Crippen molar-refractivity contribution in [2.24, 2.45) is 11.1 Å². The van der Waals surface area contributed by atoms with Crippen molar-refractivity contribution >= 4 is 23.7 Å². The largest absolute Gasteiger partial charge is 0.413 e. The Morgan fingerprint density at radius 3 is 2.64 bits per heavy atom. The van der Waals surface area contributed by atoms with Gasteiger partial charge in [-0.3, -0.25) is 14.4 Å². The van der Waals surface area contributed by atoms with Crippen LogP contribution in [0.4, 0.5) is 4.79 Å². The van der Waals surface area contributed by atoms with E-state index in [4.69, 9.17) is 15.2 Å². The summed E-state index contributed by atoms with van der Waals surface area (Å²) in [5.74, 6) is -1.51. The molecular weight excluding hydrogens is 368 g/mol. The highest BCUT2D eigenvalue weighted by Crippen LogP contribution is 2.24. The fraction of sp³-hybridized carbons (Fsp3) is 0.556. The molecule has 28 heavy (non-hydrogen) atoms. The first-order valence-corrected chi connectivity index (χ1v) is 8.81. The average Bonchev–Trinajstić information content (AvgIpc) is 3.21. The van der Waals surface area contributed by atoms with Crippen LogP contribution in [0.2, 0.25) is 0 Å². The second-order valence-corrected chi connectivity index (χ2v) is 7.89. The van der Waals surface area contributed by atoms with E-state index in [9.17, 15) is 19.2 Å². The van der Waals surface area contributed by atoms with Crippen LogP contribution in [0.15, 0.2) is 18.5 Å². The Morgan fingerprint density at radius 1 is 1.43 bits per heavy atom. The minimum absolute atomic E-state index is 0.279. The minimum atomic E-state index is -1.22. The lowest BCUT2D eigenvalue weighted by atomic mass is 9.87. The number of nitrogens with zero attached hydrogens (tertiary/aromatic N) is 1. The van der Waals surface area contributed by atoms with E-state index in [1.807, 2.05) is 20.8 Å². The van der Waals surface area contributed by atoms with Crippen LogP contribution >= 0.6 is 0 Å². The number of Topliss-reactive ketones (excluding diaryl/α,β-unsaturated/α-hetero) is 1. The number of aromatic nitrogens is 1. The fourth-order valence-corrected chi connectivity index (χ4v) is 3.02. The Hall–Kier alpha value is -2.88.